The van der Waals surface area contributed by atoms with E-state index in [0.717, 1.165) is 44.1 Å². The summed E-state index contributed by atoms with van der Waals surface area (Å²) in [7, 11) is 0. The minimum absolute atomic E-state index is 0.222. The molecular weight excluding hydrogens is 356 g/mol. The smallest absolute Gasteiger partial charge is 0.265 e. The molecule has 1 aromatic carbocycles. The second kappa shape index (κ2) is 9.05. The van der Waals surface area contributed by atoms with Crippen molar-refractivity contribution in [1.82, 2.24) is 0 Å². The van der Waals surface area contributed by atoms with Crippen LogP contribution in [0.3, 0.4) is 0 Å². The first-order valence-corrected chi connectivity index (χ1v) is 10.5. The summed E-state index contributed by atoms with van der Waals surface area (Å²) < 4.78 is 5.79. The Morgan fingerprint density at radius 3 is 2.70 bits per heavy atom. The van der Waals surface area contributed by atoms with Gasteiger partial charge in [-0.05, 0) is 62.3 Å². The van der Waals surface area contributed by atoms with Crippen molar-refractivity contribution in [3.8, 4) is 11.8 Å². The molecule has 0 saturated heterocycles. The highest BCUT2D eigenvalue weighted by Gasteiger charge is 2.23. The van der Waals surface area contributed by atoms with Crippen molar-refractivity contribution in [1.29, 1.82) is 5.26 Å². The standard InChI is InChI=1S/C22H26N2O2S/c1-3-7-16-10-12-17(13-11-16)26-15(2)21(25)24-22-19(14-23)18-8-5-4-6-9-20(18)27-22/h10-13,15H,3-9H2,1-2H3,(H,24,25). The average molecular weight is 383 g/mol. The second-order valence-corrected chi connectivity index (χ2v) is 8.13. The van der Waals surface area contributed by atoms with Crippen molar-refractivity contribution in [3.63, 3.8) is 0 Å². The molecule has 4 nitrogen and oxygen atoms in total. The van der Waals surface area contributed by atoms with Crippen LogP contribution in [0.1, 0.15) is 61.1 Å². The lowest BCUT2D eigenvalue weighted by molar-refractivity contribution is -0.122. The summed E-state index contributed by atoms with van der Waals surface area (Å²) in [6, 6.07) is 10.2. The number of nitrogens with zero attached hydrogens (tertiary/aromatic N) is 1. The van der Waals surface area contributed by atoms with Crippen LogP contribution in [0.4, 0.5) is 5.00 Å². The van der Waals surface area contributed by atoms with Crippen LogP contribution in [0.2, 0.25) is 0 Å². The fourth-order valence-electron chi connectivity index (χ4n) is 3.44. The quantitative estimate of drug-likeness (QED) is 0.694. The second-order valence-electron chi connectivity index (χ2n) is 7.02. The molecule has 3 rings (SSSR count). The topological polar surface area (TPSA) is 62.1 Å². The molecule has 0 radical (unpaired) electrons. The maximum absolute atomic E-state index is 12.6. The van der Waals surface area contributed by atoms with Gasteiger partial charge in [-0.15, -0.1) is 11.3 Å². The molecule has 1 unspecified atom stereocenters. The van der Waals surface area contributed by atoms with Crippen molar-refractivity contribution in [2.24, 2.45) is 0 Å². The Hall–Kier alpha value is -2.32. The van der Waals surface area contributed by atoms with E-state index in [1.807, 2.05) is 24.3 Å². The molecule has 27 heavy (non-hydrogen) atoms. The lowest BCUT2D eigenvalue weighted by Gasteiger charge is -2.14. The minimum atomic E-state index is -0.629. The van der Waals surface area contributed by atoms with E-state index in [4.69, 9.17) is 4.74 Å². The number of carbonyl (C=O) groups is 1. The Morgan fingerprint density at radius 2 is 2.00 bits per heavy atom. The first-order chi connectivity index (χ1) is 13.1. The fourth-order valence-corrected chi connectivity index (χ4v) is 4.69. The summed E-state index contributed by atoms with van der Waals surface area (Å²) in [4.78, 5) is 13.8. The van der Waals surface area contributed by atoms with E-state index in [9.17, 15) is 10.1 Å². The Morgan fingerprint density at radius 1 is 1.26 bits per heavy atom. The highest BCUT2D eigenvalue weighted by atomic mass is 32.1. The molecule has 1 aromatic heterocycles. The number of amides is 1. The molecule has 1 amide bonds. The number of anilines is 1. The van der Waals surface area contributed by atoms with Crippen LogP contribution in [0, 0.1) is 11.3 Å². The molecule has 1 N–H and O–H groups in total. The maximum Gasteiger partial charge on any atom is 0.265 e. The third kappa shape index (κ3) is 4.70. The number of nitrogens with one attached hydrogen (secondary N) is 1. The van der Waals surface area contributed by atoms with Crippen molar-refractivity contribution in [3.05, 3.63) is 45.8 Å². The Bertz CT molecular complexity index is 833. The van der Waals surface area contributed by atoms with Crippen LogP contribution >= 0.6 is 11.3 Å². The largest absolute Gasteiger partial charge is 0.481 e. The van der Waals surface area contributed by atoms with Crippen LogP contribution in [0.25, 0.3) is 0 Å². The third-order valence-electron chi connectivity index (χ3n) is 4.91. The lowest BCUT2D eigenvalue weighted by atomic mass is 10.1. The molecule has 0 aliphatic heterocycles. The minimum Gasteiger partial charge on any atom is -0.481 e. The van der Waals surface area contributed by atoms with Gasteiger partial charge in [0.25, 0.3) is 5.91 Å². The predicted octanol–water partition coefficient (Wildman–Crippen LogP) is 5.25. The third-order valence-corrected chi connectivity index (χ3v) is 6.12. The fraction of sp³-hybridized carbons (Fsp3) is 0.455. The molecule has 1 aliphatic rings. The predicted molar refractivity (Wildman–Crippen MR) is 109 cm³/mol. The van der Waals surface area contributed by atoms with Gasteiger partial charge in [0.2, 0.25) is 0 Å². The van der Waals surface area contributed by atoms with Gasteiger partial charge in [-0.1, -0.05) is 31.9 Å². The molecule has 0 fully saturated rings. The maximum atomic E-state index is 12.6. The molecule has 142 valence electrons. The zero-order valence-corrected chi connectivity index (χ0v) is 16.8. The molecule has 0 bridgehead atoms. The molecule has 1 heterocycles. The van der Waals surface area contributed by atoms with Crippen molar-refractivity contribution in [2.75, 3.05) is 5.32 Å². The van der Waals surface area contributed by atoms with Crippen LogP contribution < -0.4 is 10.1 Å². The number of rotatable bonds is 6. The number of fused-ring (bicyclic) bond motifs is 1. The van der Waals surface area contributed by atoms with Gasteiger partial charge in [-0.3, -0.25) is 4.79 Å². The molecular formula is C22H26N2O2S. The Labute approximate surface area is 165 Å². The molecule has 1 aliphatic carbocycles. The number of nitriles is 1. The SMILES string of the molecule is CCCc1ccc(OC(C)C(=O)Nc2sc3c(c2C#N)CCCCC3)cc1. The summed E-state index contributed by atoms with van der Waals surface area (Å²) >= 11 is 1.55. The average Bonchev–Trinajstić information content (AvgIpc) is 2.83. The highest BCUT2D eigenvalue weighted by molar-refractivity contribution is 7.16. The van der Waals surface area contributed by atoms with Crippen LogP contribution in [0.15, 0.2) is 24.3 Å². The number of aryl methyl sites for hydroxylation is 2. The zero-order valence-electron chi connectivity index (χ0n) is 16.0. The van der Waals surface area contributed by atoms with Gasteiger partial charge in [0, 0.05) is 4.88 Å². The number of ether oxygens (including phenoxy) is 1. The van der Waals surface area contributed by atoms with Gasteiger partial charge in [0.1, 0.15) is 16.8 Å². The van der Waals surface area contributed by atoms with E-state index in [2.05, 4.69) is 18.3 Å². The Kier molecular flexibility index (Phi) is 6.52. The van der Waals surface area contributed by atoms with Crippen LogP contribution in [0.5, 0.6) is 5.75 Å². The van der Waals surface area contributed by atoms with Gasteiger partial charge in [0.15, 0.2) is 6.10 Å². The summed E-state index contributed by atoms with van der Waals surface area (Å²) in [6.45, 7) is 3.89. The summed E-state index contributed by atoms with van der Waals surface area (Å²) in [6.07, 6.45) is 6.91. The zero-order chi connectivity index (χ0) is 19.2. The number of hydrogen-bond donors (Lipinski definition) is 1. The number of hydrogen-bond acceptors (Lipinski definition) is 4. The number of thiophene rings is 1. The van der Waals surface area contributed by atoms with Gasteiger partial charge in [-0.25, -0.2) is 0 Å². The summed E-state index contributed by atoms with van der Waals surface area (Å²) in [5, 5.41) is 13.2. The first-order valence-electron chi connectivity index (χ1n) is 9.73. The van der Waals surface area contributed by atoms with Crippen molar-refractivity contribution in [2.45, 2.75) is 64.9 Å². The number of carbonyl (C=O) groups excluding carboxylic acids is 1. The monoisotopic (exact) mass is 382 g/mol. The van der Waals surface area contributed by atoms with E-state index < -0.39 is 6.10 Å². The Balaban J connectivity index is 1.67. The van der Waals surface area contributed by atoms with Crippen molar-refractivity contribution >= 4 is 22.2 Å². The van der Waals surface area contributed by atoms with Gasteiger partial charge < -0.3 is 10.1 Å². The van der Waals surface area contributed by atoms with Crippen LogP contribution in [-0.4, -0.2) is 12.0 Å². The summed E-state index contributed by atoms with van der Waals surface area (Å²) in [5.74, 6) is 0.459. The van der Waals surface area contributed by atoms with E-state index in [1.165, 1.54) is 16.9 Å². The van der Waals surface area contributed by atoms with Crippen LogP contribution in [-0.2, 0) is 24.1 Å². The molecule has 1 atom stereocenters. The van der Waals surface area contributed by atoms with Gasteiger partial charge >= 0.3 is 0 Å². The number of benzene rings is 1. The summed E-state index contributed by atoms with van der Waals surface area (Å²) in [5.41, 5.74) is 3.04. The van der Waals surface area contributed by atoms with E-state index in [-0.39, 0.29) is 5.91 Å². The van der Waals surface area contributed by atoms with E-state index in [0.29, 0.717) is 16.3 Å². The molecule has 2 aromatic rings. The lowest BCUT2D eigenvalue weighted by Crippen LogP contribution is -2.30. The van der Waals surface area contributed by atoms with Crippen molar-refractivity contribution < 1.29 is 9.53 Å². The normalized spacial score (nSPS) is 14.6. The molecule has 5 heteroatoms. The first kappa shape index (κ1) is 19.4. The molecule has 0 saturated carbocycles. The van der Waals surface area contributed by atoms with E-state index in [1.54, 1.807) is 18.3 Å². The van der Waals surface area contributed by atoms with Gasteiger partial charge in [0.05, 0.1) is 5.56 Å². The van der Waals surface area contributed by atoms with E-state index >= 15 is 0 Å². The van der Waals surface area contributed by atoms with Gasteiger partial charge in [-0.2, -0.15) is 5.26 Å². The highest BCUT2D eigenvalue weighted by Crippen LogP contribution is 2.37. The molecule has 0 spiro atoms.